The molecule has 0 saturated carbocycles. The molecule has 0 bridgehead atoms. The topological polar surface area (TPSA) is 0 Å². The smallest absolute Gasteiger partial charge is 1.00 e. The Morgan fingerprint density at radius 1 is 0.889 bits per heavy atom. The molecule has 132 valence electrons. The summed E-state index contributed by atoms with van der Waals surface area (Å²) in [6.07, 6.45) is 0.934. The summed E-state index contributed by atoms with van der Waals surface area (Å²) >= 11 is 0. The number of hydrogen-bond donors (Lipinski definition) is 0. The summed E-state index contributed by atoms with van der Waals surface area (Å²) in [4.78, 5) is 0. The summed E-state index contributed by atoms with van der Waals surface area (Å²) in [5.74, 6) is 12.0. The molecule has 1 aliphatic carbocycles. The molecule has 0 aliphatic heterocycles. The van der Waals surface area contributed by atoms with Gasteiger partial charge in [-0.2, -0.15) is 30.0 Å². The van der Waals surface area contributed by atoms with Gasteiger partial charge in [0.2, 0.25) is 0 Å². The van der Waals surface area contributed by atoms with E-state index in [1.54, 1.807) is 0 Å². The van der Waals surface area contributed by atoms with Gasteiger partial charge in [-0.3, -0.25) is 0 Å². The van der Waals surface area contributed by atoms with Gasteiger partial charge in [-0.1, -0.05) is 23.1 Å². The fourth-order valence-electron chi connectivity index (χ4n) is 2.87. The van der Waals surface area contributed by atoms with Crippen molar-refractivity contribution < 1.29 is 50.7 Å². The van der Waals surface area contributed by atoms with Gasteiger partial charge in [0.05, 0.1) is 0 Å². The first kappa shape index (κ1) is 25.4. The molecule has 27 heavy (non-hydrogen) atoms. The Balaban J connectivity index is 0.000000742. The van der Waals surface area contributed by atoms with Gasteiger partial charge in [0.1, 0.15) is 0 Å². The van der Waals surface area contributed by atoms with Crippen LogP contribution in [0, 0.1) is 29.7 Å². The molecule has 3 heteroatoms. The molecule has 0 saturated heterocycles. The number of halogens is 2. The maximum absolute atomic E-state index is 3.41. The molecule has 0 radical (unpaired) electrons. The molecule has 0 aromatic heterocycles. The van der Waals surface area contributed by atoms with Crippen LogP contribution in [0.15, 0.2) is 60.7 Å². The van der Waals surface area contributed by atoms with Crippen LogP contribution >= 0.6 is 0 Å². The van der Waals surface area contributed by atoms with Gasteiger partial charge in [0.15, 0.2) is 0 Å². The molecule has 4 rings (SSSR count). The minimum Gasteiger partial charge on any atom is -1.00 e. The molecule has 0 N–H and O–H groups in total. The summed E-state index contributed by atoms with van der Waals surface area (Å²) in [5.41, 5.74) is 7.24. The van der Waals surface area contributed by atoms with Crippen molar-refractivity contribution in [1.29, 1.82) is 0 Å². The van der Waals surface area contributed by atoms with Crippen molar-refractivity contribution in [2.45, 2.75) is 20.3 Å². The van der Waals surface area contributed by atoms with Gasteiger partial charge in [-0.05, 0) is 38.0 Å². The van der Waals surface area contributed by atoms with E-state index >= 15 is 0 Å². The maximum atomic E-state index is 3.41. The van der Waals surface area contributed by atoms with E-state index in [2.05, 4.69) is 54.0 Å². The molecule has 0 amide bonds. The third-order valence-electron chi connectivity index (χ3n) is 3.87. The SMILES string of the molecule is CC#Cc1[c-]c2c(cc1)-c1ccc(C#CC)cc1C2.[Cl-].[Cl-].[Hf+4].c1cc[cH-]c1. The normalized spacial score (nSPS) is 8.96. The Kier molecular flexibility index (Phi) is 11.9. The minimum atomic E-state index is 0. The standard InChI is InChI=1S/C19H13.C5H5.2ClH.Hf/c1-3-5-14-7-9-18-16(11-14)13-17-12-15(6-4-2)8-10-19(17)18;1-2-4-5-3-1;;;/h7-11H,13H2,1-2H3;1-5H;2*1H;/q2*-1;;;+4/p-2. The van der Waals surface area contributed by atoms with Crippen LogP contribution in [0.2, 0.25) is 0 Å². The zero-order chi connectivity index (χ0) is 16.8. The molecule has 0 spiro atoms. The Hall–Kier alpha value is -1.64. The van der Waals surface area contributed by atoms with Gasteiger partial charge >= 0.3 is 25.8 Å². The van der Waals surface area contributed by atoms with Crippen molar-refractivity contribution in [1.82, 2.24) is 0 Å². The summed E-state index contributed by atoms with van der Waals surface area (Å²) < 4.78 is 0. The maximum Gasteiger partial charge on any atom is 4.00 e. The second-order valence-corrected chi connectivity index (χ2v) is 5.53. The van der Waals surface area contributed by atoms with Gasteiger partial charge < -0.3 is 24.8 Å². The fourth-order valence-corrected chi connectivity index (χ4v) is 2.87. The monoisotopic (exact) mass is 556 g/mol. The Morgan fingerprint density at radius 2 is 1.56 bits per heavy atom. The third kappa shape index (κ3) is 6.48. The van der Waals surface area contributed by atoms with Gasteiger partial charge in [-0.25, -0.2) is 12.1 Å². The molecule has 0 unspecified atom stereocenters. The molecule has 0 heterocycles. The number of fused-ring (bicyclic) bond motifs is 3. The molecular formula is C24H18Cl2Hf. The predicted molar refractivity (Wildman–Crippen MR) is 101 cm³/mol. The average molecular weight is 556 g/mol. The van der Waals surface area contributed by atoms with Gasteiger partial charge in [0.25, 0.3) is 0 Å². The number of benzene rings is 2. The molecule has 0 nitrogen and oxygen atoms in total. The van der Waals surface area contributed by atoms with Crippen LogP contribution in [0.25, 0.3) is 11.1 Å². The van der Waals surface area contributed by atoms with Crippen molar-refractivity contribution in [2.24, 2.45) is 0 Å². The minimum absolute atomic E-state index is 0. The third-order valence-corrected chi connectivity index (χ3v) is 3.87. The Morgan fingerprint density at radius 3 is 2.15 bits per heavy atom. The van der Waals surface area contributed by atoms with Crippen molar-refractivity contribution in [2.75, 3.05) is 0 Å². The van der Waals surface area contributed by atoms with E-state index in [4.69, 9.17) is 0 Å². The molecule has 0 atom stereocenters. The van der Waals surface area contributed by atoms with E-state index in [9.17, 15) is 0 Å². The summed E-state index contributed by atoms with van der Waals surface area (Å²) in [7, 11) is 0. The van der Waals surface area contributed by atoms with Gasteiger partial charge in [-0.15, -0.1) is 35.2 Å². The first-order valence-corrected chi connectivity index (χ1v) is 8.02. The number of hydrogen-bond acceptors (Lipinski definition) is 0. The number of rotatable bonds is 0. The van der Waals surface area contributed by atoms with Crippen LogP contribution in [0.4, 0.5) is 0 Å². The van der Waals surface area contributed by atoms with Crippen molar-refractivity contribution in [3.63, 3.8) is 0 Å². The van der Waals surface area contributed by atoms with Gasteiger partial charge in [0, 0.05) is 5.56 Å². The Bertz CT molecular complexity index is 880. The van der Waals surface area contributed by atoms with E-state index in [0.29, 0.717) is 0 Å². The zero-order valence-corrected chi connectivity index (χ0v) is 20.3. The Labute approximate surface area is 193 Å². The van der Waals surface area contributed by atoms with Crippen molar-refractivity contribution in [3.05, 3.63) is 89.0 Å². The molecule has 3 aromatic carbocycles. The predicted octanol–water partition coefficient (Wildman–Crippen LogP) is -0.788. The van der Waals surface area contributed by atoms with Crippen LogP contribution in [0.3, 0.4) is 0 Å². The van der Waals surface area contributed by atoms with Crippen LogP contribution in [-0.2, 0) is 32.3 Å². The summed E-state index contributed by atoms with van der Waals surface area (Å²) in [6.45, 7) is 3.72. The van der Waals surface area contributed by atoms with E-state index in [0.717, 1.165) is 17.5 Å². The van der Waals surface area contributed by atoms with Crippen molar-refractivity contribution >= 4 is 0 Å². The molecular weight excluding hydrogens is 538 g/mol. The largest absolute Gasteiger partial charge is 4.00 e. The average Bonchev–Trinajstić information content (AvgIpc) is 3.26. The van der Waals surface area contributed by atoms with Crippen LogP contribution in [0.5, 0.6) is 0 Å². The first-order valence-electron chi connectivity index (χ1n) is 8.02. The van der Waals surface area contributed by atoms with Crippen LogP contribution in [0.1, 0.15) is 36.1 Å². The van der Waals surface area contributed by atoms with E-state index in [-0.39, 0.29) is 50.7 Å². The van der Waals surface area contributed by atoms with E-state index in [1.165, 1.54) is 22.3 Å². The van der Waals surface area contributed by atoms with Crippen LogP contribution < -0.4 is 24.8 Å². The second-order valence-electron chi connectivity index (χ2n) is 5.53. The summed E-state index contributed by atoms with van der Waals surface area (Å²) in [5, 5.41) is 0. The molecule has 1 aliphatic rings. The summed E-state index contributed by atoms with van der Waals surface area (Å²) in [6, 6.07) is 24.1. The van der Waals surface area contributed by atoms with Crippen molar-refractivity contribution in [3.8, 4) is 34.8 Å². The quantitative estimate of drug-likeness (QED) is 0.152. The second kappa shape index (κ2) is 12.7. The zero-order valence-electron chi connectivity index (χ0n) is 15.2. The van der Waals surface area contributed by atoms with Crippen LogP contribution in [-0.4, -0.2) is 0 Å². The fraction of sp³-hybridized carbons (Fsp3) is 0.125. The molecule has 3 aromatic rings. The first-order chi connectivity index (χ1) is 11.8. The van der Waals surface area contributed by atoms with E-state index in [1.807, 2.05) is 50.2 Å². The molecule has 0 fully saturated rings. The van der Waals surface area contributed by atoms with E-state index < -0.39 is 0 Å².